The maximum absolute atomic E-state index is 11.5. The van der Waals surface area contributed by atoms with Crippen LogP contribution < -0.4 is 4.73 Å². The van der Waals surface area contributed by atoms with Gasteiger partial charge in [-0.2, -0.15) is 4.73 Å². The molecule has 1 aliphatic rings. The molecule has 0 saturated carbocycles. The predicted octanol–water partition coefficient (Wildman–Crippen LogP) is -0.0519. The molecule has 0 fully saturated rings. The molecule has 68 valence electrons. The highest BCUT2D eigenvalue weighted by Crippen LogP contribution is 2.13. The summed E-state index contributed by atoms with van der Waals surface area (Å²) in [7, 11) is 1.74. The normalized spacial score (nSPS) is 15.8. The Bertz CT molecular complexity index is 363. The summed E-state index contributed by atoms with van der Waals surface area (Å²) in [5, 5.41) is 11.3. The molecule has 0 radical (unpaired) electrons. The van der Waals surface area contributed by atoms with Crippen molar-refractivity contribution in [3.63, 3.8) is 0 Å². The van der Waals surface area contributed by atoms with Crippen molar-refractivity contribution in [1.29, 1.82) is 0 Å². The van der Waals surface area contributed by atoms with Crippen LogP contribution in [0.15, 0.2) is 18.3 Å². The first-order chi connectivity index (χ1) is 6.20. The Kier molecular flexibility index (Phi) is 1.69. The summed E-state index contributed by atoms with van der Waals surface area (Å²) in [5.74, 6) is -0.0635. The molecule has 2 heterocycles. The van der Waals surface area contributed by atoms with E-state index in [-0.39, 0.29) is 5.91 Å². The number of nitrogens with zero attached hydrogens (tertiary/aromatic N) is 2. The number of aromatic nitrogens is 1. The number of pyridine rings is 1. The summed E-state index contributed by atoms with van der Waals surface area (Å²) in [6.45, 7) is 0.623. The molecule has 0 unspecified atom stereocenters. The molecule has 0 saturated heterocycles. The maximum Gasteiger partial charge on any atom is 0.260 e. The minimum absolute atomic E-state index is 0.0635. The number of carbonyl (C=O) groups is 1. The molecule has 1 aliphatic heterocycles. The fraction of sp³-hybridized carbons (Fsp3) is 0.333. The minimum atomic E-state index is -0.0635. The molecule has 4 nitrogen and oxygen atoms in total. The lowest BCUT2D eigenvalue weighted by Gasteiger charge is -2.22. The Balaban J connectivity index is 2.55. The highest BCUT2D eigenvalue weighted by atomic mass is 16.5. The van der Waals surface area contributed by atoms with Crippen LogP contribution in [-0.2, 0) is 6.42 Å². The van der Waals surface area contributed by atoms with Gasteiger partial charge < -0.3 is 10.1 Å². The fourth-order valence-electron chi connectivity index (χ4n) is 1.54. The van der Waals surface area contributed by atoms with Crippen LogP contribution in [0.5, 0.6) is 0 Å². The monoisotopic (exact) mass is 178 g/mol. The summed E-state index contributed by atoms with van der Waals surface area (Å²) in [4.78, 5) is 13.2. The van der Waals surface area contributed by atoms with Gasteiger partial charge in [0, 0.05) is 19.7 Å². The lowest BCUT2D eigenvalue weighted by Crippen LogP contribution is -2.43. The molecule has 0 N–H and O–H groups in total. The number of hydrogen-bond donors (Lipinski definition) is 0. The van der Waals surface area contributed by atoms with E-state index in [0.717, 1.165) is 4.73 Å². The number of amides is 1. The summed E-state index contributed by atoms with van der Waals surface area (Å²) in [6, 6.07) is 3.30. The smallest absolute Gasteiger partial charge is 0.260 e. The molecule has 4 heteroatoms. The first kappa shape index (κ1) is 8.04. The number of likely N-dealkylation sites (N-methyl/N-ethyl adjacent to an activating group) is 1. The molecule has 13 heavy (non-hydrogen) atoms. The van der Waals surface area contributed by atoms with E-state index in [4.69, 9.17) is 0 Å². The van der Waals surface area contributed by atoms with Crippen molar-refractivity contribution in [2.75, 3.05) is 13.6 Å². The second-order valence-corrected chi connectivity index (χ2v) is 3.17. The Morgan fingerprint density at radius 2 is 2.38 bits per heavy atom. The van der Waals surface area contributed by atoms with E-state index < -0.39 is 0 Å². The van der Waals surface area contributed by atoms with Crippen LogP contribution in [0.25, 0.3) is 0 Å². The summed E-state index contributed by atoms with van der Waals surface area (Å²) in [5.41, 5.74) is 1.12. The average molecular weight is 178 g/mol. The van der Waals surface area contributed by atoms with E-state index >= 15 is 0 Å². The van der Waals surface area contributed by atoms with E-state index in [9.17, 15) is 10.0 Å². The lowest BCUT2D eigenvalue weighted by atomic mass is 10.1. The van der Waals surface area contributed by atoms with E-state index in [0.29, 0.717) is 24.2 Å². The van der Waals surface area contributed by atoms with Gasteiger partial charge >= 0.3 is 0 Å². The van der Waals surface area contributed by atoms with Crippen LogP contribution in [-0.4, -0.2) is 24.4 Å². The Morgan fingerprint density at radius 1 is 1.62 bits per heavy atom. The zero-order valence-corrected chi connectivity index (χ0v) is 7.36. The fourth-order valence-corrected chi connectivity index (χ4v) is 1.54. The van der Waals surface area contributed by atoms with Crippen molar-refractivity contribution in [2.45, 2.75) is 6.42 Å². The van der Waals surface area contributed by atoms with Crippen LogP contribution in [0.4, 0.5) is 0 Å². The second-order valence-electron chi connectivity index (χ2n) is 3.17. The Labute approximate surface area is 76.0 Å². The largest absolute Gasteiger partial charge is 0.618 e. The van der Waals surface area contributed by atoms with E-state index in [1.54, 1.807) is 24.1 Å². The van der Waals surface area contributed by atoms with E-state index in [1.165, 1.54) is 6.20 Å². The van der Waals surface area contributed by atoms with Crippen molar-refractivity contribution in [2.24, 2.45) is 0 Å². The van der Waals surface area contributed by atoms with Crippen LogP contribution in [0, 0.1) is 5.21 Å². The molecule has 0 aromatic carbocycles. The molecule has 0 spiro atoms. The van der Waals surface area contributed by atoms with Crippen molar-refractivity contribution >= 4 is 5.91 Å². The van der Waals surface area contributed by atoms with Gasteiger partial charge in [-0.3, -0.25) is 4.79 Å². The standard InChI is InChI=1S/C9H10N2O2/c1-10-6-4-8-7(9(10)12)3-2-5-11(8)13/h2-3,5H,4,6H2,1H3. The summed E-state index contributed by atoms with van der Waals surface area (Å²) < 4.78 is 0.778. The van der Waals surface area contributed by atoms with Gasteiger partial charge in [0.1, 0.15) is 5.56 Å². The van der Waals surface area contributed by atoms with Gasteiger partial charge in [0.15, 0.2) is 6.20 Å². The second kappa shape index (κ2) is 2.73. The number of fused-ring (bicyclic) bond motifs is 1. The van der Waals surface area contributed by atoms with Gasteiger partial charge in [-0.05, 0) is 6.07 Å². The minimum Gasteiger partial charge on any atom is -0.618 e. The van der Waals surface area contributed by atoms with E-state index in [2.05, 4.69) is 0 Å². The van der Waals surface area contributed by atoms with Crippen molar-refractivity contribution in [3.05, 3.63) is 34.8 Å². The highest BCUT2D eigenvalue weighted by Gasteiger charge is 2.26. The van der Waals surface area contributed by atoms with Crippen molar-refractivity contribution < 1.29 is 9.52 Å². The van der Waals surface area contributed by atoms with Crippen LogP contribution >= 0.6 is 0 Å². The SMILES string of the molecule is CN1CCc2c(ccc[n+]2[O-])C1=O. The third-order valence-corrected chi connectivity index (χ3v) is 2.32. The van der Waals surface area contributed by atoms with Crippen LogP contribution in [0.2, 0.25) is 0 Å². The van der Waals surface area contributed by atoms with Gasteiger partial charge in [-0.15, -0.1) is 0 Å². The lowest BCUT2D eigenvalue weighted by molar-refractivity contribution is -0.614. The molecule has 2 rings (SSSR count). The van der Waals surface area contributed by atoms with Crippen LogP contribution in [0.1, 0.15) is 16.1 Å². The van der Waals surface area contributed by atoms with E-state index in [1.807, 2.05) is 0 Å². The summed E-state index contributed by atoms with van der Waals surface area (Å²) in [6.07, 6.45) is 2.07. The highest BCUT2D eigenvalue weighted by molar-refractivity contribution is 5.95. The molecule has 1 aromatic rings. The number of rotatable bonds is 0. The van der Waals surface area contributed by atoms with Gasteiger partial charge in [0.05, 0.1) is 6.42 Å². The van der Waals surface area contributed by atoms with Crippen molar-refractivity contribution in [1.82, 2.24) is 4.90 Å². The molecule has 1 aromatic heterocycles. The molecular formula is C9H10N2O2. The van der Waals surface area contributed by atoms with Gasteiger partial charge in [0.25, 0.3) is 5.91 Å². The number of hydrogen-bond acceptors (Lipinski definition) is 2. The average Bonchev–Trinajstić information content (AvgIpc) is 2.12. The Morgan fingerprint density at radius 3 is 3.15 bits per heavy atom. The predicted molar refractivity (Wildman–Crippen MR) is 46.1 cm³/mol. The summed E-state index contributed by atoms with van der Waals surface area (Å²) >= 11 is 0. The first-order valence-electron chi connectivity index (χ1n) is 4.16. The third-order valence-electron chi connectivity index (χ3n) is 2.32. The molecule has 0 bridgehead atoms. The van der Waals surface area contributed by atoms with Crippen LogP contribution in [0.3, 0.4) is 0 Å². The topological polar surface area (TPSA) is 47.2 Å². The van der Waals surface area contributed by atoms with Crippen molar-refractivity contribution in [3.8, 4) is 0 Å². The third kappa shape index (κ3) is 1.14. The quantitative estimate of drug-likeness (QED) is 0.413. The zero-order chi connectivity index (χ0) is 9.42. The van der Waals surface area contributed by atoms with Gasteiger partial charge in [-0.1, -0.05) is 0 Å². The van der Waals surface area contributed by atoms with Gasteiger partial charge in [-0.25, -0.2) is 0 Å². The van der Waals surface area contributed by atoms with Gasteiger partial charge in [0.2, 0.25) is 5.69 Å². The maximum atomic E-state index is 11.5. The Hall–Kier alpha value is -1.58. The zero-order valence-electron chi connectivity index (χ0n) is 7.36. The molecule has 0 atom stereocenters. The molecule has 1 amide bonds. The molecular weight excluding hydrogens is 168 g/mol. The first-order valence-corrected chi connectivity index (χ1v) is 4.16. The number of carbonyl (C=O) groups excluding carboxylic acids is 1. The molecule has 0 aliphatic carbocycles.